The lowest BCUT2D eigenvalue weighted by molar-refractivity contribution is -0.122. The molecule has 0 atom stereocenters. The lowest BCUT2D eigenvalue weighted by atomic mass is 10.1. The summed E-state index contributed by atoms with van der Waals surface area (Å²) in [6.07, 6.45) is 1.26. The fraction of sp³-hybridized carbons (Fsp3) is 0.107. The van der Waals surface area contributed by atoms with Crippen molar-refractivity contribution in [1.29, 1.82) is 0 Å². The molecule has 0 saturated carbocycles. The SMILES string of the molecule is COC(=O)c1ccc(N2C(=O)NC(=O)/C(=C/c3cc(Br)c(OCC(=O)Nc4ccc(F)cc4)c(OC)c3)C2=O)cc1. The van der Waals surface area contributed by atoms with Crippen molar-refractivity contribution in [3.8, 4) is 11.5 Å². The zero-order valence-corrected chi connectivity index (χ0v) is 23.1. The average molecular weight is 626 g/mol. The quantitative estimate of drug-likeness (QED) is 0.217. The molecule has 0 aliphatic carbocycles. The molecule has 1 aliphatic rings. The zero-order valence-electron chi connectivity index (χ0n) is 21.5. The number of anilines is 2. The highest BCUT2D eigenvalue weighted by Gasteiger charge is 2.37. The first kappa shape index (κ1) is 29.0. The van der Waals surface area contributed by atoms with Crippen molar-refractivity contribution in [2.24, 2.45) is 0 Å². The Morgan fingerprint density at radius 3 is 2.34 bits per heavy atom. The third-order valence-electron chi connectivity index (χ3n) is 5.69. The van der Waals surface area contributed by atoms with E-state index in [0.717, 1.165) is 4.90 Å². The predicted octanol–water partition coefficient (Wildman–Crippen LogP) is 4.07. The Kier molecular flexibility index (Phi) is 8.78. The summed E-state index contributed by atoms with van der Waals surface area (Å²) in [6.45, 7) is -0.403. The van der Waals surface area contributed by atoms with Gasteiger partial charge in [-0.1, -0.05) is 0 Å². The Morgan fingerprint density at radius 2 is 1.71 bits per heavy atom. The van der Waals surface area contributed by atoms with Crippen LogP contribution in [0, 0.1) is 5.82 Å². The second kappa shape index (κ2) is 12.4. The molecular weight excluding hydrogens is 605 g/mol. The number of halogens is 2. The minimum Gasteiger partial charge on any atom is -0.493 e. The standard InChI is InChI=1S/C28H21BrFN3O8/c1-39-22-13-15(12-21(29)24(22)41-14-23(34)31-18-7-5-17(30)6-8-18)11-20-25(35)32-28(38)33(26(20)36)19-9-3-16(4-10-19)27(37)40-2/h3-13H,14H2,1-2H3,(H,31,34)(H,32,35,38)/b20-11-. The number of methoxy groups -OCH3 is 2. The molecule has 1 saturated heterocycles. The Morgan fingerprint density at radius 1 is 1.02 bits per heavy atom. The van der Waals surface area contributed by atoms with E-state index in [1.54, 1.807) is 0 Å². The van der Waals surface area contributed by atoms with Crippen LogP contribution in [-0.2, 0) is 19.1 Å². The summed E-state index contributed by atoms with van der Waals surface area (Å²) in [5.41, 5.74) is 0.712. The summed E-state index contributed by atoms with van der Waals surface area (Å²) in [4.78, 5) is 63.1. The van der Waals surface area contributed by atoms with Crippen LogP contribution in [0.4, 0.5) is 20.6 Å². The average Bonchev–Trinajstić information content (AvgIpc) is 2.95. The number of esters is 1. The number of nitrogens with zero attached hydrogens (tertiary/aromatic N) is 1. The summed E-state index contributed by atoms with van der Waals surface area (Å²) >= 11 is 3.35. The minimum atomic E-state index is -0.954. The third-order valence-corrected chi connectivity index (χ3v) is 6.28. The largest absolute Gasteiger partial charge is 0.493 e. The van der Waals surface area contributed by atoms with Crippen LogP contribution in [0.5, 0.6) is 11.5 Å². The molecule has 3 aromatic carbocycles. The van der Waals surface area contributed by atoms with Crippen molar-refractivity contribution in [1.82, 2.24) is 5.32 Å². The maximum Gasteiger partial charge on any atom is 0.337 e. The number of benzene rings is 3. The van der Waals surface area contributed by atoms with E-state index in [2.05, 4.69) is 31.3 Å². The number of urea groups is 1. The topological polar surface area (TPSA) is 140 Å². The maximum absolute atomic E-state index is 13.2. The van der Waals surface area contributed by atoms with Gasteiger partial charge in [0.2, 0.25) is 0 Å². The molecule has 2 N–H and O–H groups in total. The lowest BCUT2D eigenvalue weighted by Gasteiger charge is -2.26. The molecule has 0 spiro atoms. The molecule has 41 heavy (non-hydrogen) atoms. The summed E-state index contributed by atoms with van der Waals surface area (Å²) in [5.74, 6) is -2.99. The number of nitrogens with one attached hydrogen (secondary N) is 2. The molecule has 0 unspecified atom stereocenters. The number of carbonyl (C=O) groups is 5. The van der Waals surface area contributed by atoms with E-state index in [4.69, 9.17) is 9.47 Å². The van der Waals surface area contributed by atoms with Gasteiger partial charge in [-0.15, -0.1) is 0 Å². The van der Waals surface area contributed by atoms with Gasteiger partial charge in [0.1, 0.15) is 11.4 Å². The molecule has 0 radical (unpaired) electrons. The van der Waals surface area contributed by atoms with Crippen molar-refractivity contribution in [2.75, 3.05) is 31.0 Å². The van der Waals surface area contributed by atoms with Crippen LogP contribution in [0.1, 0.15) is 15.9 Å². The smallest absolute Gasteiger partial charge is 0.337 e. The summed E-state index contributed by atoms with van der Waals surface area (Å²) in [5, 5.41) is 4.69. The van der Waals surface area contributed by atoms with E-state index < -0.39 is 42.1 Å². The highest BCUT2D eigenvalue weighted by Crippen LogP contribution is 2.37. The van der Waals surface area contributed by atoms with Gasteiger partial charge in [-0.2, -0.15) is 0 Å². The van der Waals surface area contributed by atoms with E-state index in [1.165, 1.54) is 81.0 Å². The molecule has 210 valence electrons. The van der Waals surface area contributed by atoms with Crippen molar-refractivity contribution in [3.63, 3.8) is 0 Å². The summed E-state index contributed by atoms with van der Waals surface area (Å²) in [6, 6.07) is 12.8. The highest BCUT2D eigenvalue weighted by molar-refractivity contribution is 9.10. The van der Waals surface area contributed by atoms with E-state index in [1.807, 2.05) is 0 Å². The Labute approximate surface area is 241 Å². The second-order valence-electron chi connectivity index (χ2n) is 8.37. The highest BCUT2D eigenvalue weighted by atomic mass is 79.9. The molecule has 1 aliphatic heterocycles. The monoisotopic (exact) mass is 625 g/mol. The predicted molar refractivity (Wildman–Crippen MR) is 148 cm³/mol. The number of amides is 5. The van der Waals surface area contributed by atoms with Gasteiger partial charge in [-0.3, -0.25) is 19.7 Å². The minimum absolute atomic E-state index is 0.125. The van der Waals surface area contributed by atoms with Crippen LogP contribution in [0.25, 0.3) is 6.08 Å². The second-order valence-corrected chi connectivity index (χ2v) is 9.23. The van der Waals surface area contributed by atoms with E-state index in [-0.39, 0.29) is 28.3 Å². The molecule has 13 heteroatoms. The van der Waals surface area contributed by atoms with Gasteiger partial charge in [0, 0.05) is 5.69 Å². The molecule has 0 bridgehead atoms. The number of rotatable bonds is 8. The number of carbonyl (C=O) groups excluding carboxylic acids is 5. The number of hydrogen-bond acceptors (Lipinski definition) is 8. The van der Waals surface area contributed by atoms with E-state index in [0.29, 0.717) is 15.7 Å². The van der Waals surface area contributed by atoms with Gasteiger partial charge in [-0.05, 0) is 88.2 Å². The zero-order chi connectivity index (χ0) is 29.7. The third kappa shape index (κ3) is 6.58. The number of ether oxygens (including phenoxy) is 3. The molecule has 5 amide bonds. The van der Waals surface area contributed by atoms with Crippen LogP contribution in [0.3, 0.4) is 0 Å². The molecule has 1 heterocycles. The van der Waals surface area contributed by atoms with Crippen LogP contribution in [-0.4, -0.2) is 50.5 Å². The van der Waals surface area contributed by atoms with Gasteiger partial charge in [-0.25, -0.2) is 18.9 Å². The van der Waals surface area contributed by atoms with E-state index in [9.17, 15) is 28.4 Å². The first-order chi connectivity index (χ1) is 19.6. The number of barbiturate groups is 1. The van der Waals surface area contributed by atoms with Crippen molar-refractivity contribution >= 4 is 63.1 Å². The van der Waals surface area contributed by atoms with Crippen LogP contribution < -0.4 is 25.0 Å². The van der Waals surface area contributed by atoms with Crippen LogP contribution >= 0.6 is 15.9 Å². The number of hydrogen-bond donors (Lipinski definition) is 2. The van der Waals surface area contributed by atoms with Crippen molar-refractivity contribution < 1.29 is 42.6 Å². The fourth-order valence-corrected chi connectivity index (χ4v) is 4.33. The first-order valence-electron chi connectivity index (χ1n) is 11.8. The van der Waals surface area contributed by atoms with Gasteiger partial charge in [0.25, 0.3) is 17.7 Å². The van der Waals surface area contributed by atoms with E-state index >= 15 is 0 Å². The molecule has 4 rings (SSSR count). The van der Waals surface area contributed by atoms with Gasteiger partial charge in [0.05, 0.1) is 29.9 Å². The Balaban J connectivity index is 1.54. The molecule has 0 aromatic heterocycles. The molecule has 11 nitrogen and oxygen atoms in total. The molecular formula is C28H21BrFN3O8. The Hall–Kier alpha value is -5.04. The lowest BCUT2D eigenvalue weighted by Crippen LogP contribution is -2.54. The Bertz CT molecular complexity index is 1570. The van der Waals surface area contributed by atoms with Gasteiger partial charge < -0.3 is 19.5 Å². The van der Waals surface area contributed by atoms with Gasteiger partial charge >= 0.3 is 12.0 Å². The van der Waals surface area contributed by atoms with Crippen molar-refractivity contribution in [2.45, 2.75) is 0 Å². The van der Waals surface area contributed by atoms with Crippen molar-refractivity contribution in [3.05, 3.63) is 87.7 Å². The first-order valence-corrected chi connectivity index (χ1v) is 12.6. The molecule has 3 aromatic rings. The summed E-state index contributed by atoms with van der Waals surface area (Å²) < 4.78 is 29.1. The maximum atomic E-state index is 13.2. The number of imide groups is 2. The van der Waals surface area contributed by atoms with Crippen LogP contribution in [0.15, 0.2) is 70.7 Å². The van der Waals surface area contributed by atoms with Crippen LogP contribution in [0.2, 0.25) is 0 Å². The fourth-order valence-electron chi connectivity index (χ4n) is 3.75. The normalized spacial score (nSPS) is 14.0. The molecule has 1 fully saturated rings. The summed E-state index contributed by atoms with van der Waals surface area (Å²) in [7, 11) is 2.58. The van der Waals surface area contributed by atoms with Gasteiger partial charge in [0.15, 0.2) is 18.1 Å².